The molecule has 8 heteroatoms. The number of likely N-dealkylation sites (N-methyl/N-ethyl adjacent to an activating group) is 1. The Morgan fingerprint density at radius 3 is 1.19 bits per heavy atom. The molecule has 0 heterocycles. The molecule has 0 rings (SSSR count). The van der Waals surface area contributed by atoms with Gasteiger partial charge in [-0.3, -0.25) is 9.59 Å². The van der Waals surface area contributed by atoms with Crippen molar-refractivity contribution in [3.63, 3.8) is 0 Å². The maximum absolute atomic E-state index is 12.8. The van der Waals surface area contributed by atoms with Gasteiger partial charge < -0.3 is 23.8 Å². The fourth-order valence-electron chi connectivity index (χ4n) is 8.20. The molecule has 8 nitrogen and oxygen atoms in total. The normalized spacial score (nSPS) is 13.0. The molecule has 0 aromatic heterocycles. The smallest absolute Gasteiger partial charge is 0.362 e. The van der Waals surface area contributed by atoms with Gasteiger partial charge in [-0.05, 0) is 38.5 Å². The third-order valence-electron chi connectivity index (χ3n) is 12.4. The Labute approximate surface area is 390 Å². The lowest BCUT2D eigenvalue weighted by atomic mass is 10.0. The van der Waals surface area contributed by atoms with Crippen molar-refractivity contribution in [2.75, 3.05) is 41.0 Å². The highest BCUT2D eigenvalue weighted by Gasteiger charge is 2.31. The van der Waals surface area contributed by atoms with Crippen LogP contribution >= 0.6 is 0 Å². The molecule has 2 unspecified atom stereocenters. The summed E-state index contributed by atoms with van der Waals surface area (Å²) >= 11 is 0. The Hall–Kier alpha value is -2.19. The molecule has 0 bridgehead atoms. The van der Waals surface area contributed by atoms with Crippen molar-refractivity contribution in [1.82, 2.24) is 0 Å². The Bertz CT molecular complexity index is 1080. The second kappa shape index (κ2) is 46.3. The van der Waals surface area contributed by atoms with Crippen molar-refractivity contribution in [2.45, 2.75) is 270 Å². The second-order valence-corrected chi connectivity index (χ2v) is 19.5. The van der Waals surface area contributed by atoms with Crippen LogP contribution in [0.5, 0.6) is 0 Å². The molecule has 0 radical (unpaired) electrons. The Morgan fingerprint density at radius 1 is 0.476 bits per heavy atom. The van der Waals surface area contributed by atoms with E-state index in [1.807, 2.05) is 21.1 Å². The van der Waals surface area contributed by atoms with Gasteiger partial charge in [0.25, 0.3) is 0 Å². The number of carbonyl (C=O) groups excluding carboxylic acids is 2. The van der Waals surface area contributed by atoms with E-state index >= 15 is 0 Å². The van der Waals surface area contributed by atoms with Crippen LogP contribution in [0.4, 0.5) is 0 Å². The van der Waals surface area contributed by atoms with E-state index in [9.17, 15) is 19.5 Å². The van der Waals surface area contributed by atoms with Gasteiger partial charge >= 0.3 is 17.9 Å². The number of ether oxygens (including phenoxy) is 3. The number of nitrogens with zero attached hydrogens (tertiary/aromatic N) is 1. The van der Waals surface area contributed by atoms with Crippen molar-refractivity contribution in [1.29, 1.82) is 0 Å². The molecule has 63 heavy (non-hydrogen) atoms. The van der Waals surface area contributed by atoms with Gasteiger partial charge in [0, 0.05) is 19.3 Å². The number of esters is 2. The highest BCUT2D eigenvalue weighted by molar-refractivity contribution is 5.72. The predicted octanol–water partition coefficient (Wildman–Crippen LogP) is 15.6. The summed E-state index contributed by atoms with van der Waals surface area (Å²) in [5.74, 6) is -1.47. The third kappa shape index (κ3) is 44.8. The van der Waals surface area contributed by atoms with Crippen molar-refractivity contribution in [3.8, 4) is 0 Å². The van der Waals surface area contributed by atoms with Gasteiger partial charge in [0.15, 0.2) is 12.1 Å². The van der Waals surface area contributed by atoms with Crippen molar-refractivity contribution in [3.05, 3.63) is 24.3 Å². The van der Waals surface area contributed by atoms with Gasteiger partial charge in [0.1, 0.15) is 6.61 Å². The van der Waals surface area contributed by atoms with E-state index < -0.39 is 18.1 Å². The number of rotatable bonds is 49. The molecule has 1 N–H and O–H groups in total. The number of quaternary nitrogens is 1. The summed E-state index contributed by atoms with van der Waals surface area (Å²) in [5, 5.41) is 9.66. The molecule has 0 saturated carbocycles. The maximum atomic E-state index is 12.8. The number of unbranched alkanes of at least 4 members (excludes halogenated alkanes) is 32. The minimum Gasteiger partial charge on any atom is -0.477 e. The molecule has 2 atom stereocenters. The van der Waals surface area contributed by atoms with E-state index in [0.29, 0.717) is 19.3 Å². The summed E-state index contributed by atoms with van der Waals surface area (Å²) in [7, 11) is 5.54. The van der Waals surface area contributed by atoms with E-state index in [2.05, 4.69) is 38.2 Å². The zero-order chi connectivity index (χ0) is 46.3. The molecule has 0 aromatic carbocycles. The predicted molar refractivity (Wildman–Crippen MR) is 266 cm³/mol. The maximum Gasteiger partial charge on any atom is 0.362 e. The molecule has 370 valence electrons. The zero-order valence-electron chi connectivity index (χ0n) is 42.3. The summed E-state index contributed by atoms with van der Waals surface area (Å²) in [6.45, 7) is 4.76. The highest BCUT2D eigenvalue weighted by atomic mass is 16.6. The lowest BCUT2D eigenvalue weighted by molar-refractivity contribution is -0.887. The average molecular weight is 891 g/mol. The van der Waals surface area contributed by atoms with Crippen LogP contribution in [0.2, 0.25) is 0 Å². The van der Waals surface area contributed by atoms with Crippen molar-refractivity contribution >= 4 is 17.9 Å². The molecule has 0 fully saturated rings. The number of carboxylic acids is 1. The summed E-state index contributed by atoms with van der Waals surface area (Å²) in [4.78, 5) is 37.2. The lowest BCUT2D eigenvalue weighted by Gasteiger charge is -2.31. The van der Waals surface area contributed by atoms with Crippen LogP contribution in [0, 0.1) is 0 Å². The molecule has 0 aliphatic carbocycles. The second-order valence-electron chi connectivity index (χ2n) is 19.5. The third-order valence-corrected chi connectivity index (χ3v) is 12.4. The quantitative estimate of drug-likeness (QED) is 0.0281. The van der Waals surface area contributed by atoms with Crippen LogP contribution in [-0.2, 0) is 28.6 Å². The van der Waals surface area contributed by atoms with Crippen LogP contribution < -0.4 is 0 Å². The van der Waals surface area contributed by atoms with Gasteiger partial charge in [-0.1, -0.05) is 224 Å². The Kier molecular flexibility index (Phi) is 44.7. The standard InChI is InChI=1S/C55H103NO7/c1-6-8-10-12-14-16-18-20-22-24-26-27-28-30-31-33-35-37-39-41-43-45-53(57)62-50-51(49-61-48-47-52(55(59)60)56(3,4)5)63-54(58)46-44-42-40-38-36-34-32-29-25-23-21-19-17-15-13-11-9-7-2/h23,25,29,32,51-52H,6-22,24,26-28,30-31,33-50H2,1-5H3/p+1/b25-23+,32-29+. The van der Waals surface area contributed by atoms with Gasteiger partial charge in [0.2, 0.25) is 0 Å². The van der Waals surface area contributed by atoms with Crippen LogP contribution in [0.1, 0.15) is 258 Å². The number of hydrogen-bond donors (Lipinski definition) is 1. The lowest BCUT2D eigenvalue weighted by Crippen LogP contribution is -2.50. The molecular weight excluding hydrogens is 787 g/mol. The summed E-state index contributed by atoms with van der Waals surface area (Å²) in [6, 6.07) is -0.616. The first-order chi connectivity index (χ1) is 30.6. The molecule has 0 spiro atoms. The summed E-state index contributed by atoms with van der Waals surface area (Å²) in [5.41, 5.74) is 0. The minimum atomic E-state index is -0.874. The van der Waals surface area contributed by atoms with E-state index in [4.69, 9.17) is 14.2 Å². The molecule has 0 amide bonds. The van der Waals surface area contributed by atoms with Crippen LogP contribution in [0.15, 0.2) is 24.3 Å². The summed E-state index contributed by atoms with van der Waals surface area (Å²) in [6.07, 6.45) is 53.7. The largest absolute Gasteiger partial charge is 0.477 e. The number of aliphatic carboxylic acids is 1. The van der Waals surface area contributed by atoms with Crippen molar-refractivity contribution in [2.24, 2.45) is 0 Å². The minimum absolute atomic E-state index is 0.0522. The first kappa shape index (κ1) is 60.8. The molecule has 0 aliphatic heterocycles. The Morgan fingerprint density at radius 2 is 0.825 bits per heavy atom. The van der Waals surface area contributed by atoms with E-state index in [-0.39, 0.29) is 36.2 Å². The SMILES string of the molecule is CCCCCCCCC/C=C/C=C/CCCCCCCC(=O)OC(COCCC(C(=O)O)[N+](C)(C)C)COC(=O)CCCCCCCCCCCCCCCCCCCCCCC. The zero-order valence-corrected chi connectivity index (χ0v) is 42.3. The van der Waals surface area contributed by atoms with Gasteiger partial charge in [-0.25, -0.2) is 4.79 Å². The van der Waals surface area contributed by atoms with Crippen LogP contribution in [-0.4, -0.2) is 80.6 Å². The highest BCUT2D eigenvalue weighted by Crippen LogP contribution is 2.17. The van der Waals surface area contributed by atoms with Gasteiger partial charge in [-0.2, -0.15) is 0 Å². The molecule has 0 aliphatic rings. The average Bonchev–Trinajstić information content (AvgIpc) is 3.24. The fourth-order valence-corrected chi connectivity index (χ4v) is 8.20. The number of hydrogen-bond acceptors (Lipinski definition) is 6. The van der Waals surface area contributed by atoms with Crippen LogP contribution in [0.3, 0.4) is 0 Å². The Balaban J connectivity index is 4.20. The number of allylic oxidation sites excluding steroid dienone is 4. The fraction of sp³-hybridized carbons (Fsp3) is 0.873. The molecule has 0 aromatic rings. The van der Waals surface area contributed by atoms with Gasteiger partial charge in [0.05, 0.1) is 34.4 Å². The first-order valence-electron chi connectivity index (χ1n) is 26.9. The molecular formula is C55H104NO7+. The van der Waals surface area contributed by atoms with E-state index in [1.54, 1.807) is 0 Å². The monoisotopic (exact) mass is 891 g/mol. The first-order valence-corrected chi connectivity index (χ1v) is 26.9. The van der Waals surface area contributed by atoms with Crippen molar-refractivity contribution < 1.29 is 38.2 Å². The topological polar surface area (TPSA) is 99.1 Å². The van der Waals surface area contributed by atoms with E-state index in [1.165, 1.54) is 167 Å². The van der Waals surface area contributed by atoms with Crippen LogP contribution in [0.25, 0.3) is 0 Å². The summed E-state index contributed by atoms with van der Waals surface area (Å²) < 4.78 is 17.4. The van der Waals surface area contributed by atoms with E-state index in [0.717, 1.165) is 57.8 Å². The number of carbonyl (C=O) groups is 3. The molecule has 0 saturated heterocycles. The number of carboxylic acid groups (broad SMARTS) is 1. The van der Waals surface area contributed by atoms with Gasteiger partial charge in [-0.15, -0.1) is 0 Å².